The number of carbonyl (C=O) groups is 2. The molecule has 214 valence electrons. The number of sulfonamides is 1. The van der Waals surface area contributed by atoms with Crippen molar-refractivity contribution in [3.05, 3.63) is 94.0 Å². The Bertz CT molecular complexity index is 1420. The van der Waals surface area contributed by atoms with Gasteiger partial charge < -0.3 is 10.2 Å². The van der Waals surface area contributed by atoms with E-state index in [1.165, 1.54) is 17.0 Å². The predicted molar refractivity (Wildman–Crippen MR) is 161 cm³/mol. The lowest BCUT2D eigenvalue weighted by molar-refractivity contribution is -0.139. The summed E-state index contributed by atoms with van der Waals surface area (Å²) in [5, 5.41) is 3.35. The van der Waals surface area contributed by atoms with Gasteiger partial charge in [0.05, 0.1) is 10.6 Å². The molecular formula is C31H38ClN3O4S. The van der Waals surface area contributed by atoms with Gasteiger partial charge in [-0.2, -0.15) is 0 Å². The van der Waals surface area contributed by atoms with Gasteiger partial charge in [0, 0.05) is 18.1 Å². The van der Waals surface area contributed by atoms with Crippen LogP contribution in [0.5, 0.6) is 0 Å². The monoisotopic (exact) mass is 583 g/mol. The average Bonchev–Trinajstić information content (AvgIpc) is 2.91. The number of amides is 2. The normalized spacial score (nSPS) is 12.1. The Kier molecular flexibility index (Phi) is 10.8. The van der Waals surface area contributed by atoms with E-state index in [9.17, 15) is 18.0 Å². The second-order valence-corrected chi connectivity index (χ2v) is 12.4. The molecule has 9 heteroatoms. The van der Waals surface area contributed by atoms with Gasteiger partial charge in [0.1, 0.15) is 12.6 Å². The molecular weight excluding hydrogens is 546 g/mol. The largest absolute Gasteiger partial charge is 0.354 e. The van der Waals surface area contributed by atoms with Gasteiger partial charge >= 0.3 is 0 Å². The van der Waals surface area contributed by atoms with E-state index in [1.54, 1.807) is 44.2 Å². The number of unbranched alkanes of at least 4 members (excludes halogenated alkanes) is 1. The fourth-order valence-corrected chi connectivity index (χ4v) is 5.96. The van der Waals surface area contributed by atoms with E-state index >= 15 is 0 Å². The van der Waals surface area contributed by atoms with E-state index in [4.69, 9.17) is 11.6 Å². The molecule has 0 fully saturated rings. The van der Waals surface area contributed by atoms with Crippen molar-refractivity contribution in [1.29, 1.82) is 0 Å². The fraction of sp³-hybridized carbons (Fsp3) is 0.355. The van der Waals surface area contributed by atoms with Crippen molar-refractivity contribution < 1.29 is 18.0 Å². The number of hydrogen-bond donors (Lipinski definition) is 1. The minimum atomic E-state index is -4.13. The molecule has 0 spiro atoms. The minimum Gasteiger partial charge on any atom is -0.354 e. The molecule has 0 aliphatic rings. The lowest BCUT2D eigenvalue weighted by atomic mass is 10.1. The molecule has 3 aromatic rings. The maximum absolute atomic E-state index is 14.0. The molecule has 0 saturated heterocycles. The summed E-state index contributed by atoms with van der Waals surface area (Å²) in [5.74, 6) is -0.784. The summed E-state index contributed by atoms with van der Waals surface area (Å²) in [6.07, 6.45) is 1.75. The second kappa shape index (κ2) is 13.8. The molecule has 1 N–H and O–H groups in total. The maximum Gasteiger partial charge on any atom is 0.264 e. The summed E-state index contributed by atoms with van der Waals surface area (Å²) in [6, 6.07) is 18.2. The van der Waals surface area contributed by atoms with Crippen molar-refractivity contribution in [2.75, 3.05) is 17.4 Å². The molecule has 0 saturated carbocycles. The summed E-state index contributed by atoms with van der Waals surface area (Å²) < 4.78 is 29.0. The highest BCUT2D eigenvalue weighted by molar-refractivity contribution is 7.92. The fourth-order valence-electron chi connectivity index (χ4n) is 4.26. The summed E-state index contributed by atoms with van der Waals surface area (Å²) in [5.41, 5.74) is 3.76. The van der Waals surface area contributed by atoms with E-state index in [1.807, 2.05) is 45.0 Å². The number of nitrogens with zero attached hydrogens (tertiary/aromatic N) is 2. The zero-order valence-electron chi connectivity index (χ0n) is 23.8. The Morgan fingerprint density at radius 3 is 2.10 bits per heavy atom. The van der Waals surface area contributed by atoms with Crippen molar-refractivity contribution in [3.8, 4) is 0 Å². The van der Waals surface area contributed by atoms with E-state index in [0.717, 1.165) is 33.8 Å². The van der Waals surface area contributed by atoms with Gasteiger partial charge in [0.2, 0.25) is 11.8 Å². The molecule has 3 aromatic carbocycles. The minimum absolute atomic E-state index is 0.0655. The van der Waals surface area contributed by atoms with Crippen molar-refractivity contribution in [2.45, 2.75) is 64.9 Å². The smallest absolute Gasteiger partial charge is 0.264 e. The van der Waals surface area contributed by atoms with Crippen LogP contribution < -0.4 is 9.62 Å². The number of nitrogens with one attached hydrogen (secondary N) is 1. The molecule has 0 aliphatic carbocycles. The number of aryl methyl sites for hydroxylation is 3. The number of hydrogen-bond acceptors (Lipinski definition) is 4. The van der Waals surface area contributed by atoms with Crippen molar-refractivity contribution in [2.24, 2.45) is 0 Å². The van der Waals surface area contributed by atoms with Gasteiger partial charge in [0.25, 0.3) is 10.0 Å². The van der Waals surface area contributed by atoms with Crippen LogP contribution in [0.2, 0.25) is 5.02 Å². The molecule has 3 rings (SSSR count). The predicted octanol–water partition coefficient (Wildman–Crippen LogP) is 5.79. The highest BCUT2D eigenvalue weighted by Crippen LogP contribution is 2.29. The molecule has 7 nitrogen and oxygen atoms in total. The highest BCUT2D eigenvalue weighted by Gasteiger charge is 2.33. The van der Waals surface area contributed by atoms with Crippen molar-refractivity contribution in [3.63, 3.8) is 0 Å². The number of rotatable bonds is 12. The Balaban J connectivity index is 2.03. The first-order valence-corrected chi connectivity index (χ1v) is 15.2. The van der Waals surface area contributed by atoms with E-state index in [2.05, 4.69) is 5.32 Å². The third-order valence-corrected chi connectivity index (χ3v) is 8.79. The van der Waals surface area contributed by atoms with E-state index in [-0.39, 0.29) is 17.3 Å². The summed E-state index contributed by atoms with van der Waals surface area (Å²) in [6.45, 7) is 9.46. The topological polar surface area (TPSA) is 86.8 Å². The van der Waals surface area contributed by atoms with Gasteiger partial charge in [-0.1, -0.05) is 72.5 Å². The first-order chi connectivity index (χ1) is 18.9. The third-order valence-electron chi connectivity index (χ3n) is 6.79. The quantitative estimate of drug-likeness (QED) is 0.273. The highest BCUT2D eigenvalue weighted by atomic mass is 35.5. The van der Waals surface area contributed by atoms with Gasteiger partial charge in [-0.25, -0.2) is 8.42 Å². The van der Waals surface area contributed by atoms with Crippen LogP contribution in [0.15, 0.2) is 71.6 Å². The van der Waals surface area contributed by atoms with Gasteiger partial charge in [0.15, 0.2) is 0 Å². The summed E-state index contributed by atoms with van der Waals surface area (Å²) >= 11 is 6.17. The van der Waals surface area contributed by atoms with Gasteiger partial charge in [-0.15, -0.1) is 0 Å². The lowest BCUT2D eigenvalue weighted by Gasteiger charge is -2.32. The average molecular weight is 584 g/mol. The molecule has 0 aromatic heterocycles. The molecule has 0 heterocycles. The Hall–Kier alpha value is -3.36. The van der Waals surface area contributed by atoms with Crippen LogP contribution in [-0.4, -0.2) is 44.3 Å². The standard InChI is InChI=1S/C31H38ClN3O4S/c1-6-7-18-33-31(37)25(5)34(20-26-12-8-22(2)9-13-26)30(36)21-35(29-17-14-27(32)19-24(29)4)40(38,39)28-15-10-23(3)11-16-28/h8-17,19,25H,6-7,18,20-21H2,1-5H3,(H,33,37). The zero-order chi connectivity index (χ0) is 29.4. The van der Waals surface area contributed by atoms with Crippen LogP contribution in [0.4, 0.5) is 5.69 Å². The SMILES string of the molecule is CCCCNC(=O)C(C)N(Cc1ccc(C)cc1)C(=O)CN(c1ccc(Cl)cc1C)S(=O)(=O)c1ccc(C)cc1. The maximum atomic E-state index is 14.0. The van der Waals surface area contributed by atoms with Crippen LogP contribution in [0, 0.1) is 20.8 Å². The molecule has 0 radical (unpaired) electrons. The number of carbonyl (C=O) groups excluding carboxylic acids is 2. The Morgan fingerprint density at radius 1 is 0.925 bits per heavy atom. The third kappa shape index (κ3) is 7.86. The van der Waals surface area contributed by atoms with E-state index in [0.29, 0.717) is 22.8 Å². The first kappa shape index (κ1) is 31.2. The number of benzene rings is 3. The molecule has 0 bridgehead atoms. The Labute approximate surface area is 243 Å². The molecule has 2 amide bonds. The van der Waals surface area contributed by atoms with Crippen LogP contribution >= 0.6 is 11.6 Å². The van der Waals surface area contributed by atoms with E-state index < -0.39 is 28.5 Å². The molecule has 0 aliphatic heterocycles. The zero-order valence-corrected chi connectivity index (χ0v) is 25.3. The molecule has 40 heavy (non-hydrogen) atoms. The van der Waals surface area contributed by atoms with Crippen LogP contribution in [0.25, 0.3) is 0 Å². The summed E-state index contributed by atoms with van der Waals surface area (Å²) in [4.78, 5) is 28.6. The van der Waals surface area contributed by atoms with Crippen LogP contribution in [-0.2, 0) is 26.2 Å². The number of halogens is 1. The number of anilines is 1. The molecule has 1 unspecified atom stereocenters. The summed E-state index contributed by atoms with van der Waals surface area (Å²) in [7, 11) is -4.13. The van der Waals surface area contributed by atoms with Crippen molar-refractivity contribution in [1.82, 2.24) is 10.2 Å². The van der Waals surface area contributed by atoms with Crippen LogP contribution in [0.3, 0.4) is 0 Å². The first-order valence-electron chi connectivity index (χ1n) is 13.4. The second-order valence-electron chi connectivity index (χ2n) is 10.1. The van der Waals surface area contributed by atoms with Gasteiger partial charge in [-0.05, 0) is 75.6 Å². The van der Waals surface area contributed by atoms with Crippen molar-refractivity contribution >= 4 is 39.1 Å². The lowest BCUT2D eigenvalue weighted by Crippen LogP contribution is -2.51. The van der Waals surface area contributed by atoms with Crippen LogP contribution in [0.1, 0.15) is 48.9 Å². The Morgan fingerprint density at radius 2 is 1.52 bits per heavy atom. The van der Waals surface area contributed by atoms with Gasteiger partial charge in [-0.3, -0.25) is 13.9 Å². The molecule has 1 atom stereocenters.